The highest BCUT2D eigenvalue weighted by molar-refractivity contribution is 5.77. The first-order valence-electron chi connectivity index (χ1n) is 5.31. The highest BCUT2D eigenvalue weighted by Gasteiger charge is 2.10. The maximum Gasteiger partial charge on any atom is 0.331 e. The fraction of sp³-hybridized carbons (Fsp3) is 0. The number of rotatable bonds is 1. The lowest BCUT2D eigenvalue weighted by molar-refractivity contribution is 0.581. The predicted octanol–water partition coefficient (Wildman–Crippen LogP) is 2.60. The molecular formula is C13H8F2N2O. The Morgan fingerprint density at radius 2 is 1.67 bits per heavy atom. The molecule has 0 saturated heterocycles. The van der Waals surface area contributed by atoms with Crippen molar-refractivity contribution < 1.29 is 8.78 Å². The lowest BCUT2D eigenvalue weighted by Crippen LogP contribution is -2.14. The van der Waals surface area contributed by atoms with Crippen LogP contribution >= 0.6 is 0 Å². The van der Waals surface area contributed by atoms with Crippen molar-refractivity contribution in [3.8, 4) is 5.69 Å². The first-order valence-corrected chi connectivity index (χ1v) is 5.31. The van der Waals surface area contributed by atoms with E-state index < -0.39 is 17.3 Å². The van der Waals surface area contributed by atoms with Crippen LogP contribution in [0.25, 0.3) is 16.7 Å². The van der Waals surface area contributed by atoms with E-state index in [1.165, 1.54) is 4.57 Å². The van der Waals surface area contributed by atoms with E-state index in [1.807, 2.05) is 0 Å². The Hall–Kier alpha value is -2.43. The van der Waals surface area contributed by atoms with Crippen LogP contribution in [0.4, 0.5) is 8.78 Å². The van der Waals surface area contributed by atoms with Gasteiger partial charge in [0.1, 0.15) is 11.6 Å². The van der Waals surface area contributed by atoms with Gasteiger partial charge in [0.25, 0.3) is 0 Å². The Labute approximate surface area is 100 Å². The predicted molar refractivity (Wildman–Crippen MR) is 63.8 cm³/mol. The minimum Gasteiger partial charge on any atom is -0.305 e. The third-order valence-electron chi connectivity index (χ3n) is 2.70. The zero-order valence-corrected chi connectivity index (χ0v) is 9.15. The number of H-pyrrole nitrogens is 1. The first-order chi connectivity index (χ1) is 8.65. The van der Waals surface area contributed by atoms with Gasteiger partial charge in [-0.2, -0.15) is 0 Å². The largest absolute Gasteiger partial charge is 0.331 e. The minimum absolute atomic E-state index is 0.162. The molecule has 90 valence electrons. The van der Waals surface area contributed by atoms with Gasteiger partial charge in [-0.05, 0) is 24.3 Å². The van der Waals surface area contributed by atoms with Gasteiger partial charge in [-0.3, -0.25) is 4.57 Å². The van der Waals surface area contributed by atoms with Crippen LogP contribution in [-0.2, 0) is 0 Å². The standard InChI is InChI=1S/C13H8F2N2O/c14-8-5-9(15)7-10(6-8)17-12-4-2-1-3-11(12)16-13(17)18/h1-7H,(H,16,18). The molecule has 0 aliphatic rings. The van der Waals surface area contributed by atoms with Gasteiger partial charge >= 0.3 is 5.69 Å². The fourth-order valence-corrected chi connectivity index (χ4v) is 1.98. The molecule has 0 spiro atoms. The van der Waals surface area contributed by atoms with Gasteiger partial charge in [0.05, 0.1) is 16.7 Å². The molecule has 0 atom stereocenters. The average Bonchev–Trinajstić information content (AvgIpc) is 2.63. The molecule has 3 aromatic rings. The van der Waals surface area contributed by atoms with Gasteiger partial charge < -0.3 is 4.98 Å². The van der Waals surface area contributed by atoms with Crippen LogP contribution < -0.4 is 5.69 Å². The zero-order chi connectivity index (χ0) is 12.7. The summed E-state index contributed by atoms with van der Waals surface area (Å²) >= 11 is 0. The quantitative estimate of drug-likeness (QED) is 0.704. The first kappa shape index (κ1) is 10.7. The van der Waals surface area contributed by atoms with Crippen LogP contribution in [-0.4, -0.2) is 9.55 Å². The molecule has 3 rings (SSSR count). The minimum atomic E-state index is -0.720. The Kier molecular flexibility index (Phi) is 2.26. The zero-order valence-electron chi connectivity index (χ0n) is 9.15. The Morgan fingerprint density at radius 3 is 2.39 bits per heavy atom. The van der Waals surface area contributed by atoms with Gasteiger partial charge in [-0.25, -0.2) is 13.6 Å². The van der Waals surface area contributed by atoms with E-state index in [0.717, 1.165) is 18.2 Å². The second-order valence-electron chi connectivity index (χ2n) is 3.91. The number of aromatic nitrogens is 2. The second kappa shape index (κ2) is 3.80. The molecule has 3 nitrogen and oxygen atoms in total. The number of imidazole rings is 1. The number of aromatic amines is 1. The van der Waals surface area contributed by atoms with Crippen LogP contribution in [0.3, 0.4) is 0 Å². The molecule has 5 heteroatoms. The van der Waals surface area contributed by atoms with Gasteiger partial charge in [-0.15, -0.1) is 0 Å². The van der Waals surface area contributed by atoms with Gasteiger partial charge in [0, 0.05) is 6.07 Å². The summed E-state index contributed by atoms with van der Waals surface area (Å²) in [6.45, 7) is 0. The fourth-order valence-electron chi connectivity index (χ4n) is 1.98. The van der Waals surface area contributed by atoms with Crippen LogP contribution in [0, 0.1) is 11.6 Å². The lowest BCUT2D eigenvalue weighted by atomic mass is 10.2. The third-order valence-corrected chi connectivity index (χ3v) is 2.70. The van der Waals surface area contributed by atoms with Gasteiger partial charge in [0.2, 0.25) is 0 Å². The molecule has 0 fully saturated rings. The SMILES string of the molecule is O=c1[nH]c2ccccc2n1-c1cc(F)cc(F)c1. The number of para-hydroxylation sites is 2. The van der Waals surface area contributed by atoms with Crippen LogP contribution in [0.1, 0.15) is 0 Å². The molecule has 0 saturated carbocycles. The summed E-state index contributed by atoms with van der Waals surface area (Å²) in [5.74, 6) is -1.44. The number of hydrogen-bond acceptors (Lipinski definition) is 1. The maximum atomic E-state index is 13.2. The molecule has 0 aliphatic carbocycles. The van der Waals surface area contributed by atoms with Crippen molar-refractivity contribution in [3.05, 3.63) is 64.6 Å². The summed E-state index contributed by atoms with van der Waals surface area (Å²) < 4.78 is 27.6. The number of benzene rings is 2. The number of nitrogens with zero attached hydrogens (tertiary/aromatic N) is 1. The van der Waals surface area contributed by atoms with Gasteiger partial charge in [-0.1, -0.05) is 12.1 Å². The molecule has 18 heavy (non-hydrogen) atoms. The second-order valence-corrected chi connectivity index (χ2v) is 3.91. The van der Waals surface area contributed by atoms with Crippen molar-refractivity contribution in [3.63, 3.8) is 0 Å². The topological polar surface area (TPSA) is 37.8 Å². The van der Waals surface area contributed by atoms with E-state index in [1.54, 1.807) is 24.3 Å². The van der Waals surface area contributed by atoms with Crippen LogP contribution in [0.5, 0.6) is 0 Å². The molecule has 0 aliphatic heterocycles. The number of nitrogens with one attached hydrogen (secondary N) is 1. The molecular weight excluding hydrogens is 238 g/mol. The molecule has 2 aromatic carbocycles. The lowest BCUT2D eigenvalue weighted by Gasteiger charge is -2.03. The van der Waals surface area contributed by atoms with Crippen LogP contribution in [0.15, 0.2) is 47.3 Å². The van der Waals surface area contributed by atoms with Gasteiger partial charge in [0.15, 0.2) is 0 Å². The summed E-state index contributed by atoms with van der Waals surface area (Å²) in [5, 5.41) is 0. The summed E-state index contributed by atoms with van der Waals surface area (Å²) in [6.07, 6.45) is 0. The number of fused-ring (bicyclic) bond motifs is 1. The van der Waals surface area contributed by atoms with E-state index in [-0.39, 0.29) is 5.69 Å². The van der Waals surface area contributed by atoms with Crippen molar-refractivity contribution in [2.24, 2.45) is 0 Å². The maximum absolute atomic E-state index is 13.2. The van der Waals surface area contributed by atoms with Crippen molar-refractivity contribution in [1.29, 1.82) is 0 Å². The summed E-state index contributed by atoms with van der Waals surface area (Å²) in [5.41, 5.74) is 0.927. The van der Waals surface area contributed by atoms with E-state index in [0.29, 0.717) is 11.0 Å². The molecule has 1 aromatic heterocycles. The summed E-state index contributed by atoms with van der Waals surface area (Å²) in [4.78, 5) is 14.5. The van der Waals surface area contributed by atoms with Crippen molar-refractivity contribution >= 4 is 11.0 Å². The normalized spacial score (nSPS) is 11.0. The molecule has 0 radical (unpaired) electrons. The number of hydrogen-bond donors (Lipinski definition) is 1. The molecule has 1 N–H and O–H groups in total. The van der Waals surface area contributed by atoms with Crippen molar-refractivity contribution in [1.82, 2.24) is 9.55 Å². The molecule has 0 bridgehead atoms. The van der Waals surface area contributed by atoms with Crippen molar-refractivity contribution in [2.75, 3.05) is 0 Å². The van der Waals surface area contributed by atoms with E-state index in [4.69, 9.17) is 0 Å². The molecule has 0 unspecified atom stereocenters. The monoisotopic (exact) mass is 246 g/mol. The van der Waals surface area contributed by atoms with Crippen LogP contribution in [0.2, 0.25) is 0 Å². The average molecular weight is 246 g/mol. The number of halogens is 2. The Balaban J connectivity index is 2.37. The molecule has 0 amide bonds. The summed E-state index contributed by atoms with van der Waals surface area (Å²) in [6, 6.07) is 9.95. The summed E-state index contributed by atoms with van der Waals surface area (Å²) in [7, 11) is 0. The highest BCUT2D eigenvalue weighted by atomic mass is 19.1. The smallest absolute Gasteiger partial charge is 0.305 e. The Morgan fingerprint density at radius 1 is 1.00 bits per heavy atom. The van der Waals surface area contributed by atoms with E-state index in [9.17, 15) is 13.6 Å². The Bertz CT molecular complexity index is 769. The highest BCUT2D eigenvalue weighted by Crippen LogP contribution is 2.17. The van der Waals surface area contributed by atoms with E-state index >= 15 is 0 Å². The third kappa shape index (κ3) is 1.60. The molecule has 1 heterocycles. The van der Waals surface area contributed by atoms with Crippen molar-refractivity contribution in [2.45, 2.75) is 0 Å². The van der Waals surface area contributed by atoms with E-state index in [2.05, 4.69) is 4.98 Å².